The number of cyclic esters (lactones) is 1. The highest BCUT2D eigenvalue weighted by Crippen LogP contribution is 2.46. The molecule has 5 atom stereocenters. The van der Waals surface area contributed by atoms with Crippen molar-refractivity contribution in [3.63, 3.8) is 0 Å². The lowest BCUT2D eigenvalue weighted by Crippen LogP contribution is -2.70. The fourth-order valence-corrected chi connectivity index (χ4v) is 3.96. The summed E-state index contributed by atoms with van der Waals surface area (Å²) >= 11 is 0. The van der Waals surface area contributed by atoms with Gasteiger partial charge in [0.2, 0.25) is 6.29 Å². The zero-order chi connectivity index (χ0) is 13.8. The Morgan fingerprint density at radius 3 is 2.84 bits per heavy atom. The van der Waals surface area contributed by atoms with Crippen molar-refractivity contribution in [3.8, 4) is 0 Å². The third kappa shape index (κ3) is 2.08. The van der Waals surface area contributed by atoms with Gasteiger partial charge >= 0.3 is 5.97 Å². The topological polar surface area (TPSA) is 59.0 Å². The monoisotopic (exact) mass is 269 g/mol. The maximum atomic E-state index is 11.5. The minimum absolute atomic E-state index is 0.145. The van der Waals surface area contributed by atoms with Crippen LogP contribution in [0.2, 0.25) is 0 Å². The highest BCUT2D eigenvalue weighted by atomic mass is 16.7. The molecule has 5 nitrogen and oxygen atoms in total. The summed E-state index contributed by atoms with van der Waals surface area (Å²) in [6.45, 7) is 6.76. The van der Waals surface area contributed by atoms with Gasteiger partial charge in [0.05, 0.1) is 12.6 Å². The second-order valence-corrected chi connectivity index (χ2v) is 6.75. The van der Waals surface area contributed by atoms with Gasteiger partial charge in [0, 0.05) is 11.5 Å². The molecule has 1 saturated carbocycles. The Kier molecular flexibility index (Phi) is 3.11. The van der Waals surface area contributed by atoms with Crippen LogP contribution < -0.4 is 0 Å². The van der Waals surface area contributed by atoms with Gasteiger partial charge in [0.25, 0.3) is 0 Å². The number of rotatable bonds is 0. The standard InChI is InChI=1S/C14H23NO4/c1-8-4-5-9-10(6-8)18-12-13(17)19-11(16)7-15(12)14(9,2)3/h8-10,12-13,17H,4-7H2,1-3H3/t8-,9-,10-,12+,13?/m1/s1. The normalized spacial score (nSPS) is 46.1. The Bertz CT molecular complexity index is 384. The number of nitrogens with zero attached hydrogens (tertiary/aromatic N) is 1. The predicted octanol–water partition coefficient (Wildman–Crippen LogP) is 1.10. The molecule has 3 fully saturated rings. The summed E-state index contributed by atoms with van der Waals surface area (Å²) in [5, 5.41) is 9.95. The Morgan fingerprint density at radius 1 is 1.37 bits per heavy atom. The molecule has 0 radical (unpaired) electrons. The van der Waals surface area contributed by atoms with Crippen LogP contribution in [0.3, 0.4) is 0 Å². The number of ether oxygens (including phenoxy) is 2. The molecule has 3 rings (SSSR count). The second kappa shape index (κ2) is 4.43. The molecular weight excluding hydrogens is 246 g/mol. The summed E-state index contributed by atoms with van der Waals surface area (Å²) in [5.74, 6) is 0.702. The van der Waals surface area contributed by atoms with Crippen molar-refractivity contribution < 1.29 is 19.4 Å². The second-order valence-electron chi connectivity index (χ2n) is 6.75. The molecule has 0 aromatic carbocycles. The zero-order valence-corrected chi connectivity index (χ0v) is 11.8. The van der Waals surface area contributed by atoms with Crippen molar-refractivity contribution in [2.24, 2.45) is 11.8 Å². The van der Waals surface area contributed by atoms with Gasteiger partial charge in [0.15, 0.2) is 6.23 Å². The van der Waals surface area contributed by atoms with Crippen LogP contribution in [0.4, 0.5) is 0 Å². The number of carbonyl (C=O) groups excluding carboxylic acids is 1. The molecule has 0 aromatic heterocycles. The van der Waals surface area contributed by atoms with E-state index in [1.165, 1.54) is 6.42 Å². The molecule has 0 amide bonds. The molecule has 1 unspecified atom stereocenters. The first-order chi connectivity index (χ1) is 8.89. The third-order valence-electron chi connectivity index (χ3n) is 5.12. The van der Waals surface area contributed by atoms with E-state index in [1.54, 1.807) is 0 Å². The van der Waals surface area contributed by atoms with Crippen molar-refractivity contribution in [2.45, 2.75) is 64.2 Å². The molecule has 2 aliphatic heterocycles. The first-order valence-corrected chi connectivity index (χ1v) is 7.19. The van der Waals surface area contributed by atoms with Crippen LogP contribution >= 0.6 is 0 Å². The number of carbonyl (C=O) groups is 1. The molecule has 5 heteroatoms. The lowest BCUT2D eigenvalue weighted by atomic mass is 9.69. The van der Waals surface area contributed by atoms with Gasteiger partial charge in [-0.15, -0.1) is 0 Å². The molecule has 108 valence electrons. The van der Waals surface area contributed by atoms with E-state index < -0.39 is 12.5 Å². The van der Waals surface area contributed by atoms with Crippen molar-refractivity contribution in [3.05, 3.63) is 0 Å². The fraction of sp³-hybridized carbons (Fsp3) is 0.929. The number of hydrogen-bond donors (Lipinski definition) is 1. The first-order valence-electron chi connectivity index (χ1n) is 7.19. The molecule has 1 N–H and O–H groups in total. The Labute approximate surface area is 113 Å². The molecule has 3 aliphatic rings. The predicted molar refractivity (Wildman–Crippen MR) is 68.0 cm³/mol. The van der Waals surface area contributed by atoms with Crippen LogP contribution in [0.25, 0.3) is 0 Å². The van der Waals surface area contributed by atoms with Crippen molar-refractivity contribution in [1.29, 1.82) is 0 Å². The van der Waals surface area contributed by atoms with E-state index in [4.69, 9.17) is 9.47 Å². The largest absolute Gasteiger partial charge is 0.431 e. The highest BCUT2D eigenvalue weighted by molar-refractivity contribution is 5.72. The van der Waals surface area contributed by atoms with Crippen molar-refractivity contribution in [1.82, 2.24) is 4.90 Å². The summed E-state index contributed by atoms with van der Waals surface area (Å²) in [5.41, 5.74) is -0.145. The smallest absolute Gasteiger partial charge is 0.322 e. The summed E-state index contributed by atoms with van der Waals surface area (Å²) in [7, 11) is 0. The average Bonchev–Trinajstić information content (AvgIpc) is 2.30. The number of esters is 1. The minimum Gasteiger partial charge on any atom is -0.431 e. The van der Waals surface area contributed by atoms with E-state index in [0.717, 1.165) is 12.8 Å². The van der Waals surface area contributed by atoms with E-state index >= 15 is 0 Å². The maximum Gasteiger partial charge on any atom is 0.322 e. The van der Waals surface area contributed by atoms with Gasteiger partial charge in [-0.05, 0) is 32.6 Å². The Morgan fingerprint density at radius 2 is 2.11 bits per heavy atom. The van der Waals surface area contributed by atoms with E-state index in [9.17, 15) is 9.90 Å². The molecular formula is C14H23NO4. The highest BCUT2D eigenvalue weighted by Gasteiger charge is 2.55. The molecule has 2 saturated heterocycles. The lowest BCUT2D eigenvalue weighted by Gasteiger charge is -2.58. The number of aliphatic hydroxyl groups excluding tert-OH is 1. The van der Waals surface area contributed by atoms with E-state index in [1.807, 2.05) is 4.90 Å². The lowest BCUT2D eigenvalue weighted by molar-refractivity contribution is -0.315. The number of morpholine rings is 1. The van der Waals surface area contributed by atoms with Gasteiger partial charge in [-0.1, -0.05) is 13.3 Å². The van der Waals surface area contributed by atoms with Gasteiger partial charge in [-0.2, -0.15) is 0 Å². The Hall–Kier alpha value is -0.650. The molecule has 19 heavy (non-hydrogen) atoms. The van der Waals surface area contributed by atoms with E-state index in [0.29, 0.717) is 11.8 Å². The van der Waals surface area contributed by atoms with Crippen molar-refractivity contribution >= 4 is 5.97 Å². The van der Waals surface area contributed by atoms with Crippen LogP contribution in [0.5, 0.6) is 0 Å². The molecule has 2 heterocycles. The summed E-state index contributed by atoms with van der Waals surface area (Å²) in [6.07, 6.45) is 1.83. The van der Waals surface area contributed by atoms with Crippen LogP contribution in [0, 0.1) is 11.8 Å². The van der Waals surface area contributed by atoms with Gasteiger partial charge < -0.3 is 14.6 Å². The zero-order valence-electron chi connectivity index (χ0n) is 11.8. The van der Waals surface area contributed by atoms with Gasteiger partial charge in [0.1, 0.15) is 0 Å². The Balaban J connectivity index is 1.89. The quantitative estimate of drug-likeness (QED) is 0.667. The van der Waals surface area contributed by atoms with Gasteiger partial charge in [-0.3, -0.25) is 9.69 Å². The molecule has 0 spiro atoms. The third-order valence-corrected chi connectivity index (χ3v) is 5.12. The van der Waals surface area contributed by atoms with E-state index in [-0.39, 0.29) is 24.2 Å². The molecule has 0 aromatic rings. The first kappa shape index (κ1) is 13.3. The van der Waals surface area contributed by atoms with E-state index in [2.05, 4.69) is 20.8 Å². The van der Waals surface area contributed by atoms with Crippen LogP contribution in [-0.4, -0.2) is 46.7 Å². The van der Waals surface area contributed by atoms with Crippen LogP contribution in [0.1, 0.15) is 40.0 Å². The SMILES string of the molecule is C[C@@H]1CC[C@@H]2[C@@H](C1)O[C@H]1C(O)OC(=O)CN1C2(C)C. The molecule has 0 bridgehead atoms. The fourth-order valence-electron chi connectivity index (χ4n) is 3.96. The van der Waals surface area contributed by atoms with Gasteiger partial charge in [-0.25, -0.2) is 0 Å². The minimum atomic E-state index is -1.17. The summed E-state index contributed by atoms with van der Waals surface area (Å²) < 4.78 is 11.0. The average molecular weight is 269 g/mol. The molecule has 1 aliphatic carbocycles. The van der Waals surface area contributed by atoms with Crippen LogP contribution in [0.15, 0.2) is 0 Å². The number of hydrogen-bond acceptors (Lipinski definition) is 5. The number of fused-ring (bicyclic) bond motifs is 2. The summed E-state index contributed by atoms with van der Waals surface area (Å²) in [6, 6.07) is 0. The van der Waals surface area contributed by atoms with Crippen molar-refractivity contribution in [2.75, 3.05) is 6.54 Å². The summed E-state index contributed by atoms with van der Waals surface area (Å²) in [4.78, 5) is 13.5. The number of aliphatic hydroxyl groups is 1. The maximum absolute atomic E-state index is 11.5. The van der Waals surface area contributed by atoms with Crippen LogP contribution in [-0.2, 0) is 14.3 Å².